The third-order valence-corrected chi connectivity index (χ3v) is 7.05. The Labute approximate surface area is 222 Å². The summed E-state index contributed by atoms with van der Waals surface area (Å²) in [7, 11) is 0. The minimum absolute atomic E-state index is 0.0745. The quantitative estimate of drug-likeness (QED) is 0.340. The van der Waals surface area contributed by atoms with Gasteiger partial charge in [0.05, 0.1) is 11.3 Å². The SMILES string of the molecule is CC(C(=O)Nc1ccc(C2CCN(C(=O)c3cc(-c4ccccc4C(F)(F)F)n[nH]3)CC2)cc1)n1cccn1. The second-order valence-electron chi connectivity index (χ2n) is 9.55. The lowest BCUT2D eigenvalue weighted by Gasteiger charge is -2.32. The van der Waals surface area contributed by atoms with Crippen molar-refractivity contribution in [2.24, 2.45) is 0 Å². The van der Waals surface area contributed by atoms with E-state index in [-0.39, 0.29) is 34.7 Å². The van der Waals surface area contributed by atoms with E-state index in [1.807, 2.05) is 24.3 Å². The average molecular weight is 537 g/mol. The van der Waals surface area contributed by atoms with Gasteiger partial charge in [-0.25, -0.2) is 0 Å². The maximum absolute atomic E-state index is 13.4. The molecule has 1 aliphatic rings. The Morgan fingerprint density at radius 1 is 1.05 bits per heavy atom. The summed E-state index contributed by atoms with van der Waals surface area (Å²) in [5, 5.41) is 13.6. The second-order valence-corrected chi connectivity index (χ2v) is 9.55. The molecule has 202 valence electrons. The van der Waals surface area contributed by atoms with Crippen LogP contribution < -0.4 is 5.32 Å². The van der Waals surface area contributed by atoms with E-state index >= 15 is 0 Å². The molecule has 0 bridgehead atoms. The fourth-order valence-corrected chi connectivity index (χ4v) is 4.82. The summed E-state index contributed by atoms with van der Waals surface area (Å²) in [6, 6.07) is 15.6. The van der Waals surface area contributed by atoms with Crippen LogP contribution in [0, 0.1) is 0 Å². The molecule has 8 nitrogen and oxygen atoms in total. The highest BCUT2D eigenvalue weighted by Crippen LogP contribution is 2.36. The molecule has 0 spiro atoms. The first-order valence-electron chi connectivity index (χ1n) is 12.6. The van der Waals surface area contributed by atoms with Crippen molar-refractivity contribution in [3.63, 3.8) is 0 Å². The molecular formula is C28H27F3N6O2. The molecule has 11 heteroatoms. The topological polar surface area (TPSA) is 95.9 Å². The standard InChI is InChI=1S/C28H27F3N6O2/c1-18(37-14-4-13-32-37)26(38)33-21-9-7-19(8-10-21)20-11-15-36(16-12-20)27(39)25-17-24(34-35-25)22-5-2-3-6-23(22)28(29,30)31/h2-10,13-14,17-18,20H,11-12,15-16H2,1H3,(H,33,38)(H,34,35). The molecular weight excluding hydrogens is 509 g/mol. The number of nitrogens with zero attached hydrogens (tertiary/aromatic N) is 4. The third-order valence-electron chi connectivity index (χ3n) is 7.05. The monoisotopic (exact) mass is 536 g/mol. The normalized spacial score (nSPS) is 15.2. The zero-order valence-electron chi connectivity index (χ0n) is 21.2. The highest BCUT2D eigenvalue weighted by atomic mass is 19.4. The maximum Gasteiger partial charge on any atom is 0.417 e. The van der Waals surface area contributed by atoms with Crippen LogP contribution in [-0.2, 0) is 11.0 Å². The number of anilines is 1. The van der Waals surface area contributed by atoms with Crippen LogP contribution in [0.5, 0.6) is 0 Å². The number of aromatic nitrogens is 4. The second kappa shape index (κ2) is 10.8. The van der Waals surface area contributed by atoms with Gasteiger partial charge in [-0.3, -0.25) is 19.4 Å². The van der Waals surface area contributed by atoms with E-state index in [0.29, 0.717) is 18.8 Å². The van der Waals surface area contributed by atoms with Crippen LogP contribution in [0.25, 0.3) is 11.3 Å². The van der Waals surface area contributed by atoms with Gasteiger partial charge in [0.2, 0.25) is 5.91 Å². The Morgan fingerprint density at radius 3 is 2.44 bits per heavy atom. The molecule has 0 radical (unpaired) electrons. The number of rotatable bonds is 6. The van der Waals surface area contributed by atoms with E-state index in [1.165, 1.54) is 24.3 Å². The number of H-pyrrole nitrogens is 1. The molecule has 2 aromatic carbocycles. The number of amides is 2. The van der Waals surface area contributed by atoms with Gasteiger partial charge in [0.1, 0.15) is 11.7 Å². The molecule has 3 heterocycles. The lowest BCUT2D eigenvalue weighted by molar-refractivity contribution is -0.137. The molecule has 2 N–H and O–H groups in total. The first-order valence-corrected chi connectivity index (χ1v) is 12.6. The predicted octanol–water partition coefficient (Wildman–Crippen LogP) is 5.51. The number of carbonyl (C=O) groups excluding carboxylic acids is 2. The van der Waals surface area contributed by atoms with Gasteiger partial charge in [-0.1, -0.05) is 30.3 Å². The molecule has 2 aromatic heterocycles. The van der Waals surface area contributed by atoms with Crippen molar-refractivity contribution in [2.75, 3.05) is 18.4 Å². The number of likely N-dealkylation sites (tertiary alicyclic amines) is 1. The van der Waals surface area contributed by atoms with E-state index in [2.05, 4.69) is 20.6 Å². The van der Waals surface area contributed by atoms with Crippen LogP contribution in [0.4, 0.5) is 18.9 Å². The van der Waals surface area contributed by atoms with Crippen molar-refractivity contribution >= 4 is 17.5 Å². The summed E-state index contributed by atoms with van der Waals surface area (Å²) < 4.78 is 41.8. The van der Waals surface area contributed by atoms with Gasteiger partial charge in [-0.15, -0.1) is 0 Å². The molecule has 4 aromatic rings. The summed E-state index contributed by atoms with van der Waals surface area (Å²) in [6.07, 6.45) is 0.325. The summed E-state index contributed by atoms with van der Waals surface area (Å²) >= 11 is 0. The number of hydrogen-bond acceptors (Lipinski definition) is 4. The van der Waals surface area contributed by atoms with E-state index in [9.17, 15) is 22.8 Å². The zero-order chi connectivity index (χ0) is 27.6. The zero-order valence-corrected chi connectivity index (χ0v) is 21.2. The predicted molar refractivity (Wildman–Crippen MR) is 139 cm³/mol. The third kappa shape index (κ3) is 5.71. The van der Waals surface area contributed by atoms with Crippen LogP contribution in [0.3, 0.4) is 0 Å². The highest BCUT2D eigenvalue weighted by Gasteiger charge is 2.34. The summed E-state index contributed by atoms with van der Waals surface area (Å²) in [5.41, 5.74) is 1.17. The molecule has 0 saturated carbocycles. The van der Waals surface area contributed by atoms with Gasteiger partial charge in [0.25, 0.3) is 5.91 Å². The minimum atomic E-state index is -4.52. The van der Waals surface area contributed by atoms with Crippen LogP contribution in [-0.4, -0.2) is 49.8 Å². The Morgan fingerprint density at radius 2 is 1.77 bits per heavy atom. The van der Waals surface area contributed by atoms with Crippen molar-refractivity contribution in [3.8, 4) is 11.3 Å². The minimum Gasteiger partial charge on any atom is -0.337 e. The Hall–Kier alpha value is -4.41. The maximum atomic E-state index is 13.4. The Kier molecular flexibility index (Phi) is 7.23. The van der Waals surface area contributed by atoms with Gasteiger partial charge in [0.15, 0.2) is 0 Å². The van der Waals surface area contributed by atoms with Crippen molar-refractivity contribution in [2.45, 2.75) is 37.9 Å². The smallest absolute Gasteiger partial charge is 0.337 e. The molecule has 1 aliphatic heterocycles. The molecule has 5 rings (SSSR count). The van der Waals surface area contributed by atoms with Crippen molar-refractivity contribution in [1.29, 1.82) is 0 Å². The molecule has 1 unspecified atom stereocenters. The number of piperidine rings is 1. The number of carbonyl (C=O) groups is 2. The van der Waals surface area contributed by atoms with Gasteiger partial charge in [-0.05, 0) is 61.6 Å². The highest BCUT2D eigenvalue weighted by molar-refractivity contribution is 5.94. The van der Waals surface area contributed by atoms with E-state index in [4.69, 9.17) is 0 Å². The molecule has 1 fully saturated rings. The van der Waals surface area contributed by atoms with Gasteiger partial charge in [-0.2, -0.15) is 23.4 Å². The number of nitrogens with one attached hydrogen (secondary N) is 2. The fraction of sp³-hybridized carbons (Fsp3) is 0.286. The first-order chi connectivity index (χ1) is 18.7. The van der Waals surface area contributed by atoms with Crippen molar-refractivity contribution in [3.05, 3.63) is 89.9 Å². The summed E-state index contributed by atoms with van der Waals surface area (Å²) in [4.78, 5) is 27.2. The van der Waals surface area contributed by atoms with E-state index in [0.717, 1.165) is 24.5 Å². The Bertz CT molecular complexity index is 1440. The lowest BCUT2D eigenvalue weighted by atomic mass is 9.89. The van der Waals surface area contributed by atoms with Gasteiger partial charge in [0, 0.05) is 36.7 Å². The molecule has 1 atom stereocenters. The summed E-state index contributed by atoms with van der Waals surface area (Å²) in [6.45, 7) is 2.80. The van der Waals surface area contributed by atoms with Crippen molar-refractivity contribution in [1.82, 2.24) is 24.9 Å². The number of hydrogen-bond donors (Lipinski definition) is 2. The van der Waals surface area contributed by atoms with E-state index in [1.54, 1.807) is 35.0 Å². The number of halogens is 3. The van der Waals surface area contributed by atoms with Crippen LogP contribution in [0.15, 0.2) is 73.1 Å². The first kappa shape index (κ1) is 26.2. The van der Waals surface area contributed by atoms with Crippen molar-refractivity contribution < 1.29 is 22.8 Å². The van der Waals surface area contributed by atoms with Gasteiger partial charge < -0.3 is 10.2 Å². The van der Waals surface area contributed by atoms with Crippen LogP contribution in [0.1, 0.15) is 53.3 Å². The summed E-state index contributed by atoms with van der Waals surface area (Å²) in [5.74, 6) is -0.207. The largest absolute Gasteiger partial charge is 0.417 e. The molecule has 1 saturated heterocycles. The molecule has 2 amide bonds. The van der Waals surface area contributed by atoms with Crippen LogP contribution >= 0.6 is 0 Å². The average Bonchev–Trinajstić information content (AvgIpc) is 3.65. The lowest BCUT2D eigenvalue weighted by Crippen LogP contribution is -2.38. The number of aromatic amines is 1. The molecule has 39 heavy (non-hydrogen) atoms. The number of benzene rings is 2. The molecule has 0 aliphatic carbocycles. The fourth-order valence-electron chi connectivity index (χ4n) is 4.82. The number of alkyl halides is 3. The Balaban J connectivity index is 1.18. The van der Waals surface area contributed by atoms with E-state index < -0.39 is 17.8 Å². The van der Waals surface area contributed by atoms with Crippen LogP contribution in [0.2, 0.25) is 0 Å². The van der Waals surface area contributed by atoms with Gasteiger partial charge >= 0.3 is 6.18 Å².